The van der Waals surface area contributed by atoms with Gasteiger partial charge in [0, 0.05) is 29.4 Å². The summed E-state index contributed by atoms with van der Waals surface area (Å²) < 4.78 is 1.10. The van der Waals surface area contributed by atoms with Crippen molar-refractivity contribution >= 4 is 15.9 Å². The Labute approximate surface area is 126 Å². The minimum atomic E-state index is 0.382. The van der Waals surface area contributed by atoms with Crippen LogP contribution in [0.25, 0.3) is 0 Å². The summed E-state index contributed by atoms with van der Waals surface area (Å²) in [5.41, 5.74) is 1.31. The molecule has 6 heteroatoms. The molecule has 1 heterocycles. The molecule has 1 aliphatic rings. The first-order valence-corrected chi connectivity index (χ1v) is 7.72. The predicted octanol–water partition coefficient (Wildman–Crippen LogP) is 2.05. The first-order valence-electron chi connectivity index (χ1n) is 6.92. The van der Waals surface area contributed by atoms with Crippen LogP contribution < -0.4 is 5.32 Å². The summed E-state index contributed by atoms with van der Waals surface area (Å²) in [7, 11) is 1.80. The van der Waals surface area contributed by atoms with Crippen molar-refractivity contribution in [2.45, 2.75) is 31.2 Å². The van der Waals surface area contributed by atoms with E-state index in [4.69, 9.17) is 0 Å². The highest BCUT2D eigenvalue weighted by Crippen LogP contribution is 2.24. The van der Waals surface area contributed by atoms with Crippen LogP contribution in [0.4, 0.5) is 0 Å². The molecule has 1 N–H and O–H groups in total. The smallest absolute Gasteiger partial charge is 0.175 e. The second-order valence-electron chi connectivity index (χ2n) is 5.33. The summed E-state index contributed by atoms with van der Waals surface area (Å²) in [6, 6.07) is 9.22. The van der Waals surface area contributed by atoms with Crippen molar-refractivity contribution in [3.63, 3.8) is 0 Å². The number of benzene rings is 1. The molecule has 20 heavy (non-hydrogen) atoms. The van der Waals surface area contributed by atoms with Crippen LogP contribution in [0.1, 0.15) is 30.1 Å². The molecule has 3 rings (SSSR count). The Balaban J connectivity index is 1.73. The molecule has 1 aromatic carbocycles. The molecular weight excluding hydrogens is 318 g/mol. The minimum Gasteiger partial charge on any atom is -0.313 e. The van der Waals surface area contributed by atoms with Gasteiger partial charge in [-0.1, -0.05) is 28.1 Å². The Hall–Kier alpha value is -1.27. The van der Waals surface area contributed by atoms with Gasteiger partial charge in [-0.15, -0.1) is 10.2 Å². The molecule has 0 amide bonds. The third-order valence-electron chi connectivity index (χ3n) is 3.55. The van der Waals surface area contributed by atoms with Gasteiger partial charge in [0.2, 0.25) is 0 Å². The van der Waals surface area contributed by atoms with Gasteiger partial charge in [0.25, 0.3) is 0 Å². The van der Waals surface area contributed by atoms with Crippen molar-refractivity contribution in [3.8, 4) is 0 Å². The molecule has 106 valence electrons. The average Bonchev–Trinajstić information content (AvgIpc) is 3.18. The number of nitrogens with one attached hydrogen (secondary N) is 1. The van der Waals surface area contributed by atoms with E-state index in [1.807, 2.05) is 0 Å². The minimum absolute atomic E-state index is 0.382. The van der Waals surface area contributed by atoms with E-state index >= 15 is 0 Å². The number of nitrogens with zero attached hydrogens (tertiary/aromatic N) is 4. The average molecular weight is 336 g/mol. The largest absolute Gasteiger partial charge is 0.313 e. The van der Waals surface area contributed by atoms with E-state index < -0.39 is 0 Å². The molecule has 1 fully saturated rings. The molecule has 0 bridgehead atoms. The molecule has 1 aromatic heterocycles. The van der Waals surface area contributed by atoms with Crippen LogP contribution in [0.15, 0.2) is 28.7 Å². The lowest BCUT2D eigenvalue weighted by molar-refractivity contribution is 0.563. The van der Waals surface area contributed by atoms with Crippen molar-refractivity contribution in [2.75, 3.05) is 6.54 Å². The fourth-order valence-corrected chi connectivity index (χ4v) is 2.53. The van der Waals surface area contributed by atoms with Crippen molar-refractivity contribution in [1.29, 1.82) is 0 Å². The van der Waals surface area contributed by atoms with Crippen molar-refractivity contribution in [2.24, 2.45) is 7.05 Å². The molecule has 0 radical (unpaired) electrons. The summed E-state index contributed by atoms with van der Waals surface area (Å²) in [4.78, 5) is 1.52. The maximum absolute atomic E-state index is 4.29. The Kier molecular flexibility index (Phi) is 4.12. The van der Waals surface area contributed by atoms with E-state index in [1.165, 1.54) is 23.2 Å². The van der Waals surface area contributed by atoms with E-state index in [1.54, 1.807) is 7.05 Å². The Morgan fingerprint density at radius 1 is 1.35 bits per heavy atom. The second-order valence-corrected chi connectivity index (χ2v) is 6.25. The van der Waals surface area contributed by atoms with Gasteiger partial charge in [0.15, 0.2) is 5.82 Å². The zero-order chi connectivity index (χ0) is 13.9. The zero-order valence-corrected chi connectivity index (χ0v) is 13.0. The Bertz CT molecular complexity index is 561. The van der Waals surface area contributed by atoms with E-state index in [9.17, 15) is 0 Å². The maximum Gasteiger partial charge on any atom is 0.175 e. The first kappa shape index (κ1) is 13.7. The van der Waals surface area contributed by atoms with Crippen LogP contribution in [0.3, 0.4) is 0 Å². The third kappa shape index (κ3) is 3.64. The number of halogens is 1. The van der Waals surface area contributed by atoms with Gasteiger partial charge < -0.3 is 5.32 Å². The van der Waals surface area contributed by atoms with E-state index in [2.05, 4.69) is 60.9 Å². The normalized spacial score (nSPS) is 16.3. The number of hydrogen-bond donors (Lipinski definition) is 1. The number of tetrazole rings is 1. The van der Waals surface area contributed by atoms with Gasteiger partial charge in [-0.05, 0) is 35.8 Å². The van der Waals surface area contributed by atoms with E-state index in [-0.39, 0.29) is 0 Å². The molecule has 0 aliphatic heterocycles. The van der Waals surface area contributed by atoms with Crippen LogP contribution in [0, 0.1) is 0 Å². The number of aromatic nitrogens is 4. The zero-order valence-electron chi connectivity index (χ0n) is 11.5. The summed E-state index contributed by atoms with van der Waals surface area (Å²) in [6.45, 7) is 0.963. The number of aryl methyl sites for hydroxylation is 1. The van der Waals surface area contributed by atoms with Gasteiger partial charge in [0.05, 0.1) is 7.05 Å². The van der Waals surface area contributed by atoms with Crippen LogP contribution in [-0.4, -0.2) is 32.8 Å². The predicted molar refractivity (Wildman–Crippen MR) is 80.4 cm³/mol. The SMILES string of the molecule is Cn1nnc(CC(CNC2CC2)c2ccc(Br)cc2)n1. The summed E-state index contributed by atoms with van der Waals surface area (Å²) in [5.74, 6) is 1.19. The molecule has 5 nitrogen and oxygen atoms in total. The maximum atomic E-state index is 4.29. The van der Waals surface area contributed by atoms with Gasteiger partial charge in [0.1, 0.15) is 0 Å². The number of hydrogen-bond acceptors (Lipinski definition) is 4. The highest BCUT2D eigenvalue weighted by molar-refractivity contribution is 9.10. The van der Waals surface area contributed by atoms with Crippen molar-refractivity contribution < 1.29 is 0 Å². The summed E-state index contributed by atoms with van der Waals surface area (Å²) in [6.07, 6.45) is 3.42. The van der Waals surface area contributed by atoms with E-state index in [0.717, 1.165) is 23.3 Å². The van der Waals surface area contributed by atoms with Crippen LogP contribution >= 0.6 is 15.9 Å². The van der Waals surface area contributed by atoms with E-state index in [0.29, 0.717) is 12.0 Å². The second kappa shape index (κ2) is 6.01. The molecule has 1 saturated carbocycles. The van der Waals surface area contributed by atoms with Crippen LogP contribution in [0.5, 0.6) is 0 Å². The van der Waals surface area contributed by atoms with Crippen molar-refractivity contribution in [3.05, 3.63) is 40.1 Å². The summed E-state index contributed by atoms with van der Waals surface area (Å²) in [5, 5.41) is 15.9. The molecule has 0 saturated heterocycles. The molecule has 2 aromatic rings. The molecule has 1 unspecified atom stereocenters. The topological polar surface area (TPSA) is 55.6 Å². The lowest BCUT2D eigenvalue weighted by atomic mass is 9.95. The third-order valence-corrected chi connectivity index (χ3v) is 4.08. The number of rotatable bonds is 6. The Morgan fingerprint density at radius 2 is 2.10 bits per heavy atom. The molecular formula is C14H18BrN5. The fraction of sp³-hybridized carbons (Fsp3) is 0.500. The fourth-order valence-electron chi connectivity index (χ4n) is 2.26. The summed E-state index contributed by atoms with van der Waals surface area (Å²) >= 11 is 3.48. The highest BCUT2D eigenvalue weighted by Gasteiger charge is 2.23. The molecule has 0 spiro atoms. The van der Waals surface area contributed by atoms with Crippen molar-refractivity contribution in [1.82, 2.24) is 25.5 Å². The van der Waals surface area contributed by atoms with Gasteiger partial charge in [-0.2, -0.15) is 4.80 Å². The lowest BCUT2D eigenvalue weighted by Crippen LogP contribution is -2.25. The Morgan fingerprint density at radius 3 is 2.70 bits per heavy atom. The molecule has 1 aliphatic carbocycles. The van der Waals surface area contributed by atoms with Gasteiger partial charge in [-0.25, -0.2) is 0 Å². The lowest BCUT2D eigenvalue weighted by Gasteiger charge is -2.16. The monoisotopic (exact) mass is 335 g/mol. The van der Waals surface area contributed by atoms with Crippen LogP contribution in [-0.2, 0) is 13.5 Å². The van der Waals surface area contributed by atoms with Crippen LogP contribution in [0.2, 0.25) is 0 Å². The molecule has 1 atom stereocenters. The quantitative estimate of drug-likeness (QED) is 0.877. The van der Waals surface area contributed by atoms with Gasteiger partial charge >= 0.3 is 0 Å². The first-order chi connectivity index (χ1) is 9.70. The van der Waals surface area contributed by atoms with Gasteiger partial charge in [-0.3, -0.25) is 0 Å². The highest BCUT2D eigenvalue weighted by atomic mass is 79.9. The standard InChI is InChI=1S/C14H18BrN5/c1-20-18-14(17-19-20)8-11(9-16-13-6-7-13)10-2-4-12(15)5-3-10/h2-5,11,13,16H,6-9H2,1H3.